The molecule has 1 aliphatic heterocycles. The molecule has 1 saturated heterocycles. The summed E-state index contributed by atoms with van der Waals surface area (Å²) in [6.45, 7) is 2.44. The van der Waals surface area contributed by atoms with Gasteiger partial charge in [-0.05, 0) is 35.7 Å². The van der Waals surface area contributed by atoms with Gasteiger partial charge in [0.25, 0.3) is 0 Å². The summed E-state index contributed by atoms with van der Waals surface area (Å²) in [6, 6.07) is 15.3. The van der Waals surface area contributed by atoms with Gasteiger partial charge in [-0.2, -0.15) is 0 Å². The Morgan fingerprint density at radius 2 is 1.83 bits per heavy atom. The molecule has 2 heteroatoms. The maximum Gasteiger partial charge on any atom is 0.0585 e. The van der Waals surface area contributed by atoms with Crippen molar-refractivity contribution in [1.82, 2.24) is 0 Å². The molecule has 0 aliphatic carbocycles. The predicted octanol–water partition coefficient (Wildman–Crippen LogP) is 2.85. The van der Waals surface area contributed by atoms with Crippen LogP contribution in [0.2, 0.25) is 0 Å². The standard InChI is InChI=1S/C16H19NO/c17-9-3-8-16(11-18-12-16)15-7-6-13-4-1-2-5-14(13)10-15/h1-2,4-7,10H,3,8-9,11-12,17H2. The Morgan fingerprint density at radius 3 is 2.50 bits per heavy atom. The maximum atomic E-state index is 5.64. The average Bonchev–Trinajstić information content (AvgIpc) is 2.37. The molecule has 2 aromatic rings. The van der Waals surface area contributed by atoms with Gasteiger partial charge in [0.15, 0.2) is 0 Å². The van der Waals surface area contributed by atoms with Gasteiger partial charge in [0.1, 0.15) is 0 Å². The van der Waals surface area contributed by atoms with Crippen LogP contribution in [0.3, 0.4) is 0 Å². The molecular formula is C16H19NO. The van der Waals surface area contributed by atoms with Crippen LogP contribution in [-0.4, -0.2) is 19.8 Å². The van der Waals surface area contributed by atoms with E-state index in [2.05, 4.69) is 42.5 Å². The molecule has 0 radical (unpaired) electrons. The Balaban J connectivity index is 1.97. The van der Waals surface area contributed by atoms with Crippen LogP contribution in [0.4, 0.5) is 0 Å². The van der Waals surface area contributed by atoms with E-state index >= 15 is 0 Å². The van der Waals surface area contributed by atoms with Crippen LogP contribution < -0.4 is 5.73 Å². The molecule has 0 spiro atoms. The Labute approximate surface area is 108 Å². The second-order valence-corrected chi connectivity index (χ2v) is 5.23. The molecule has 1 aliphatic rings. The van der Waals surface area contributed by atoms with Gasteiger partial charge < -0.3 is 10.5 Å². The van der Waals surface area contributed by atoms with E-state index < -0.39 is 0 Å². The SMILES string of the molecule is NCCCC1(c2ccc3ccccc3c2)COC1. The third-order valence-electron chi connectivity index (χ3n) is 3.98. The van der Waals surface area contributed by atoms with Crippen molar-refractivity contribution in [2.45, 2.75) is 18.3 Å². The van der Waals surface area contributed by atoms with Crippen molar-refractivity contribution in [2.75, 3.05) is 19.8 Å². The molecule has 2 nitrogen and oxygen atoms in total. The molecule has 0 saturated carbocycles. The molecule has 2 N–H and O–H groups in total. The molecule has 94 valence electrons. The fourth-order valence-corrected chi connectivity index (χ4v) is 2.76. The summed E-state index contributed by atoms with van der Waals surface area (Å²) in [5, 5.41) is 2.62. The van der Waals surface area contributed by atoms with Crippen LogP contribution in [0.1, 0.15) is 18.4 Å². The zero-order valence-corrected chi connectivity index (χ0v) is 10.6. The normalized spacial score (nSPS) is 17.6. The van der Waals surface area contributed by atoms with Crippen molar-refractivity contribution in [3.8, 4) is 0 Å². The minimum absolute atomic E-state index is 0.212. The molecule has 0 amide bonds. The highest BCUT2D eigenvalue weighted by Gasteiger charge is 2.39. The molecule has 3 rings (SSSR count). The maximum absolute atomic E-state index is 5.64. The van der Waals surface area contributed by atoms with E-state index in [0.717, 1.165) is 32.6 Å². The van der Waals surface area contributed by atoms with Gasteiger partial charge in [-0.15, -0.1) is 0 Å². The van der Waals surface area contributed by atoms with Gasteiger partial charge in [-0.3, -0.25) is 0 Å². The Morgan fingerprint density at radius 1 is 1.06 bits per heavy atom. The van der Waals surface area contributed by atoms with Crippen molar-refractivity contribution < 1.29 is 4.74 Å². The van der Waals surface area contributed by atoms with Crippen LogP contribution in [0, 0.1) is 0 Å². The van der Waals surface area contributed by atoms with Crippen molar-refractivity contribution >= 4 is 10.8 Å². The van der Waals surface area contributed by atoms with Crippen molar-refractivity contribution in [2.24, 2.45) is 5.73 Å². The van der Waals surface area contributed by atoms with E-state index in [1.165, 1.54) is 16.3 Å². The van der Waals surface area contributed by atoms with Crippen LogP contribution in [0.25, 0.3) is 10.8 Å². The lowest BCUT2D eigenvalue weighted by molar-refractivity contribution is -0.0648. The fraction of sp³-hybridized carbons (Fsp3) is 0.375. The van der Waals surface area contributed by atoms with E-state index in [1.807, 2.05) is 0 Å². The zero-order chi connectivity index (χ0) is 12.4. The largest absolute Gasteiger partial charge is 0.379 e. The summed E-state index contributed by atoms with van der Waals surface area (Å²) in [7, 11) is 0. The lowest BCUT2D eigenvalue weighted by atomic mass is 9.74. The quantitative estimate of drug-likeness (QED) is 0.893. The highest BCUT2D eigenvalue weighted by atomic mass is 16.5. The summed E-state index contributed by atoms with van der Waals surface area (Å²) < 4.78 is 5.46. The van der Waals surface area contributed by atoms with Gasteiger partial charge in [-0.1, -0.05) is 42.5 Å². The highest BCUT2D eigenvalue weighted by Crippen LogP contribution is 2.37. The molecule has 1 fully saturated rings. The number of ether oxygens (including phenoxy) is 1. The van der Waals surface area contributed by atoms with E-state index in [4.69, 9.17) is 10.5 Å². The monoisotopic (exact) mass is 241 g/mol. The van der Waals surface area contributed by atoms with Gasteiger partial charge in [-0.25, -0.2) is 0 Å². The van der Waals surface area contributed by atoms with Crippen molar-refractivity contribution in [3.63, 3.8) is 0 Å². The van der Waals surface area contributed by atoms with Gasteiger partial charge in [0.2, 0.25) is 0 Å². The third-order valence-corrected chi connectivity index (χ3v) is 3.98. The minimum Gasteiger partial charge on any atom is -0.379 e. The number of benzene rings is 2. The van der Waals surface area contributed by atoms with E-state index in [1.54, 1.807) is 0 Å². The van der Waals surface area contributed by atoms with Gasteiger partial charge >= 0.3 is 0 Å². The predicted molar refractivity (Wildman–Crippen MR) is 74.7 cm³/mol. The first-order chi connectivity index (χ1) is 8.84. The second-order valence-electron chi connectivity index (χ2n) is 5.23. The molecule has 0 atom stereocenters. The number of hydrogen-bond acceptors (Lipinski definition) is 2. The van der Waals surface area contributed by atoms with E-state index in [-0.39, 0.29) is 5.41 Å². The molecule has 18 heavy (non-hydrogen) atoms. The summed E-state index contributed by atoms with van der Waals surface area (Å²) in [5.41, 5.74) is 7.26. The molecule has 1 heterocycles. The highest BCUT2D eigenvalue weighted by molar-refractivity contribution is 5.83. The lowest BCUT2D eigenvalue weighted by Gasteiger charge is -2.42. The van der Waals surface area contributed by atoms with Gasteiger partial charge in [0.05, 0.1) is 13.2 Å². The number of rotatable bonds is 4. The average molecular weight is 241 g/mol. The lowest BCUT2D eigenvalue weighted by Crippen LogP contribution is -2.47. The second kappa shape index (κ2) is 4.71. The smallest absolute Gasteiger partial charge is 0.0585 e. The van der Waals surface area contributed by atoms with E-state index in [0.29, 0.717) is 0 Å². The summed E-state index contributed by atoms with van der Waals surface area (Å²) >= 11 is 0. The molecule has 0 unspecified atom stereocenters. The van der Waals surface area contributed by atoms with Crippen LogP contribution in [0.15, 0.2) is 42.5 Å². The minimum atomic E-state index is 0.212. The van der Waals surface area contributed by atoms with Gasteiger partial charge in [0, 0.05) is 5.41 Å². The molecule has 2 aromatic carbocycles. The first kappa shape index (κ1) is 11.7. The van der Waals surface area contributed by atoms with E-state index in [9.17, 15) is 0 Å². The van der Waals surface area contributed by atoms with Crippen LogP contribution in [-0.2, 0) is 10.2 Å². The topological polar surface area (TPSA) is 35.2 Å². The van der Waals surface area contributed by atoms with Crippen LogP contribution >= 0.6 is 0 Å². The zero-order valence-electron chi connectivity index (χ0n) is 10.6. The summed E-state index contributed by atoms with van der Waals surface area (Å²) in [5.74, 6) is 0. The Kier molecular flexibility index (Phi) is 3.06. The first-order valence-electron chi connectivity index (χ1n) is 6.61. The third kappa shape index (κ3) is 1.92. The number of fused-ring (bicyclic) bond motifs is 1. The number of nitrogens with two attached hydrogens (primary N) is 1. The Hall–Kier alpha value is -1.38. The first-order valence-corrected chi connectivity index (χ1v) is 6.61. The molecular weight excluding hydrogens is 222 g/mol. The summed E-state index contributed by atoms with van der Waals surface area (Å²) in [6.07, 6.45) is 2.19. The van der Waals surface area contributed by atoms with Crippen molar-refractivity contribution in [3.05, 3.63) is 48.0 Å². The fourth-order valence-electron chi connectivity index (χ4n) is 2.76. The summed E-state index contributed by atoms with van der Waals surface area (Å²) in [4.78, 5) is 0. The Bertz CT molecular complexity index is 546. The van der Waals surface area contributed by atoms with Crippen molar-refractivity contribution in [1.29, 1.82) is 0 Å². The molecule has 0 bridgehead atoms. The number of hydrogen-bond donors (Lipinski definition) is 1. The van der Waals surface area contributed by atoms with Crippen LogP contribution in [0.5, 0.6) is 0 Å². The molecule has 0 aromatic heterocycles.